The van der Waals surface area contributed by atoms with Crippen LogP contribution in [0.3, 0.4) is 0 Å². The highest BCUT2D eigenvalue weighted by Gasteiger charge is 2.39. The predicted molar refractivity (Wildman–Crippen MR) is 89.6 cm³/mol. The van der Waals surface area contributed by atoms with Gasteiger partial charge in [-0.1, -0.05) is 26.2 Å². The molecule has 2 unspecified atom stereocenters. The molecular formula is C17H29N3S. The lowest BCUT2D eigenvalue weighted by Gasteiger charge is -2.49. The summed E-state index contributed by atoms with van der Waals surface area (Å²) in [5, 5.41) is 7.24. The van der Waals surface area contributed by atoms with E-state index in [1.165, 1.54) is 50.1 Å². The molecule has 0 aromatic carbocycles. The molecule has 2 fully saturated rings. The fourth-order valence-electron chi connectivity index (χ4n) is 3.94. The Hall–Kier alpha value is -0.450. The van der Waals surface area contributed by atoms with Crippen molar-refractivity contribution in [2.24, 2.45) is 5.92 Å². The number of aromatic nitrogens is 1. The predicted octanol–water partition coefficient (Wildman–Crippen LogP) is 3.67. The van der Waals surface area contributed by atoms with E-state index in [2.05, 4.69) is 34.4 Å². The lowest BCUT2D eigenvalue weighted by molar-refractivity contribution is 0.0229. The maximum Gasteiger partial charge on any atom is 0.107 e. The summed E-state index contributed by atoms with van der Waals surface area (Å²) in [4.78, 5) is 7.20. The molecule has 1 saturated carbocycles. The van der Waals surface area contributed by atoms with E-state index in [-0.39, 0.29) is 5.54 Å². The molecule has 118 valence electrons. The fraction of sp³-hybridized carbons (Fsp3) is 0.824. The van der Waals surface area contributed by atoms with Crippen LogP contribution in [0.4, 0.5) is 0 Å². The first-order chi connectivity index (χ1) is 10.2. The summed E-state index contributed by atoms with van der Waals surface area (Å²) in [5.74, 6) is 0.888. The first-order valence-corrected chi connectivity index (χ1v) is 9.46. The Bertz CT molecular complexity index is 427. The standard InChI is InChI=1S/C17H29N3S/c1-3-17(2)13-19-15(14-7-5-4-6-8-14)11-20(17)12-16-18-9-10-21-16/h9-10,14-15,19H,3-8,11-13H2,1-2H3. The van der Waals surface area contributed by atoms with Crippen LogP contribution in [0.15, 0.2) is 11.6 Å². The Labute approximate surface area is 133 Å². The summed E-state index contributed by atoms with van der Waals surface area (Å²) in [6.45, 7) is 8.06. The number of hydrogen-bond acceptors (Lipinski definition) is 4. The molecule has 2 atom stereocenters. The molecule has 0 bridgehead atoms. The zero-order chi connectivity index (χ0) is 14.7. The van der Waals surface area contributed by atoms with Crippen molar-refractivity contribution in [3.63, 3.8) is 0 Å². The van der Waals surface area contributed by atoms with E-state index < -0.39 is 0 Å². The van der Waals surface area contributed by atoms with Gasteiger partial charge in [0.05, 0.1) is 6.54 Å². The first kappa shape index (κ1) is 15.4. The second-order valence-corrected chi connectivity index (χ2v) is 8.02. The van der Waals surface area contributed by atoms with E-state index in [1.54, 1.807) is 11.3 Å². The monoisotopic (exact) mass is 307 g/mol. The summed E-state index contributed by atoms with van der Waals surface area (Å²) >= 11 is 1.79. The quantitative estimate of drug-likeness (QED) is 0.920. The third-order valence-electron chi connectivity index (χ3n) is 5.72. The van der Waals surface area contributed by atoms with Gasteiger partial charge >= 0.3 is 0 Å². The topological polar surface area (TPSA) is 28.2 Å². The second kappa shape index (κ2) is 6.76. The largest absolute Gasteiger partial charge is 0.311 e. The van der Waals surface area contributed by atoms with Crippen molar-refractivity contribution < 1.29 is 0 Å². The van der Waals surface area contributed by atoms with Gasteiger partial charge in [0.1, 0.15) is 5.01 Å². The molecule has 0 spiro atoms. The van der Waals surface area contributed by atoms with Gasteiger partial charge in [-0.15, -0.1) is 11.3 Å². The first-order valence-electron chi connectivity index (χ1n) is 8.58. The molecule has 1 N–H and O–H groups in total. The van der Waals surface area contributed by atoms with Gasteiger partial charge in [0, 0.05) is 36.2 Å². The number of piperazine rings is 1. The van der Waals surface area contributed by atoms with Gasteiger partial charge in [-0.3, -0.25) is 4.90 Å². The van der Waals surface area contributed by atoms with Crippen LogP contribution < -0.4 is 5.32 Å². The Morgan fingerprint density at radius 1 is 1.38 bits per heavy atom. The minimum atomic E-state index is 0.275. The molecule has 4 heteroatoms. The molecule has 3 nitrogen and oxygen atoms in total. The summed E-state index contributed by atoms with van der Waals surface area (Å²) in [7, 11) is 0. The van der Waals surface area contributed by atoms with Crippen LogP contribution in [-0.2, 0) is 6.54 Å². The highest BCUT2D eigenvalue weighted by atomic mass is 32.1. The van der Waals surface area contributed by atoms with Gasteiger partial charge in [0.15, 0.2) is 0 Å². The van der Waals surface area contributed by atoms with E-state index in [0.29, 0.717) is 6.04 Å². The highest BCUT2D eigenvalue weighted by Crippen LogP contribution is 2.32. The summed E-state index contributed by atoms with van der Waals surface area (Å²) < 4.78 is 0. The summed E-state index contributed by atoms with van der Waals surface area (Å²) in [6.07, 6.45) is 10.3. The molecule has 1 saturated heterocycles. The van der Waals surface area contributed by atoms with Gasteiger partial charge in [0.25, 0.3) is 0 Å². The smallest absolute Gasteiger partial charge is 0.107 e. The molecular weight excluding hydrogens is 278 g/mol. The molecule has 1 aromatic heterocycles. The molecule has 2 heterocycles. The zero-order valence-corrected chi connectivity index (χ0v) is 14.3. The SMILES string of the molecule is CCC1(C)CNC(C2CCCCC2)CN1Cc1nccs1. The minimum Gasteiger partial charge on any atom is -0.311 e. The van der Waals surface area contributed by atoms with Gasteiger partial charge < -0.3 is 5.32 Å². The van der Waals surface area contributed by atoms with Crippen molar-refractivity contribution in [3.05, 3.63) is 16.6 Å². The minimum absolute atomic E-state index is 0.275. The maximum atomic E-state index is 4.50. The molecule has 0 radical (unpaired) electrons. The molecule has 1 aromatic rings. The number of hydrogen-bond donors (Lipinski definition) is 1. The van der Waals surface area contributed by atoms with E-state index in [9.17, 15) is 0 Å². The van der Waals surface area contributed by atoms with Crippen molar-refractivity contribution in [1.82, 2.24) is 15.2 Å². The molecule has 0 amide bonds. The van der Waals surface area contributed by atoms with Crippen molar-refractivity contribution in [2.45, 2.75) is 70.5 Å². The van der Waals surface area contributed by atoms with Crippen LogP contribution in [0.5, 0.6) is 0 Å². The van der Waals surface area contributed by atoms with Gasteiger partial charge in [-0.05, 0) is 32.1 Å². The third kappa shape index (κ3) is 3.49. The fourth-order valence-corrected chi connectivity index (χ4v) is 4.57. The zero-order valence-electron chi connectivity index (χ0n) is 13.5. The van der Waals surface area contributed by atoms with Gasteiger partial charge in [-0.25, -0.2) is 4.98 Å². The van der Waals surface area contributed by atoms with Crippen molar-refractivity contribution in [2.75, 3.05) is 13.1 Å². The third-order valence-corrected chi connectivity index (χ3v) is 6.48. The Kier molecular flexibility index (Phi) is 4.97. The van der Waals surface area contributed by atoms with E-state index in [0.717, 1.165) is 19.0 Å². The van der Waals surface area contributed by atoms with Crippen LogP contribution in [0, 0.1) is 5.92 Å². The van der Waals surface area contributed by atoms with Crippen molar-refractivity contribution >= 4 is 11.3 Å². The average Bonchev–Trinajstić information content (AvgIpc) is 3.03. The van der Waals surface area contributed by atoms with Crippen LogP contribution in [-0.4, -0.2) is 34.6 Å². The number of thiazole rings is 1. The van der Waals surface area contributed by atoms with Crippen LogP contribution >= 0.6 is 11.3 Å². The van der Waals surface area contributed by atoms with Crippen LogP contribution in [0.2, 0.25) is 0 Å². The number of rotatable bonds is 4. The Balaban J connectivity index is 1.69. The van der Waals surface area contributed by atoms with E-state index in [1.807, 2.05) is 6.20 Å². The van der Waals surface area contributed by atoms with E-state index in [4.69, 9.17) is 0 Å². The van der Waals surface area contributed by atoms with E-state index >= 15 is 0 Å². The summed E-state index contributed by atoms with van der Waals surface area (Å²) in [6, 6.07) is 0.685. The lowest BCUT2D eigenvalue weighted by Crippen LogP contribution is -2.64. The average molecular weight is 308 g/mol. The highest BCUT2D eigenvalue weighted by molar-refractivity contribution is 7.09. The number of nitrogens with zero attached hydrogens (tertiary/aromatic N) is 2. The molecule has 1 aliphatic carbocycles. The molecule has 2 aliphatic rings. The maximum absolute atomic E-state index is 4.50. The Morgan fingerprint density at radius 3 is 2.86 bits per heavy atom. The van der Waals surface area contributed by atoms with Crippen molar-refractivity contribution in [1.29, 1.82) is 0 Å². The molecule has 3 rings (SSSR count). The van der Waals surface area contributed by atoms with Crippen LogP contribution in [0.1, 0.15) is 57.4 Å². The normalized spacial score (nSPS) is 32.4. The van der Waals surface area contributed by atoms with Crippen molar-refractivity contribution in [3.8, 4) is 0 Å². The van der Waals surface area contributed by atoms with Gasteiger partial charge in [0.2, 0.25) is 0 Å². The second-order valence-electron chi connectivity index (χ2n) is 7.04. The molecule has 21 heavy (non-hydrogen) atoms. The van der Waals surface area contributed by atoms with Gasteiger partial charge in [-0.2, -0.15) is 0 Å². The molecule has 1 aliphatic heterocycles. The Morgan fingerprint density at radius 2 is 2.19 bits per heavy atom. The summed E-state index contributed by atoms with van der Waals surface area (Å²) in [5.41, 5.74) is 0.275. The van der Waals surface area contributed by atoms with Crippen LogP contribution in [0.25, 0.3) is 0 Å². The number of nitrogens with one attached hydrogen (secondary N) is 1. The lowest BCUT2D eigenvalue weighted by atomic mass is 9.81.